The molecule has 0 aromatic rings. The molecular formula is C14H24N2O2. The third-order valence-corrected chi connectivity index (χ3v) is 3.32. The second kappa shape index (κ2) is 7.19. The van der Waals surface area contributed by atoms with Crippen LogP contribution in [0, 0.1) is 11.8 Å². The van der Waals surface area contributed by atoms with Gasteiger partial charge in [-0.05, 0) is 39.5 Å². The molecule has 0 heterocycles. The maximum atomic E-state index is 11.8. The highest BCUT2D eigenvalue weighted by atomic mass is 16.2. The normalized spacial score (nSPS) is 23.5. The lowest BCUT2D eigenvalue weighted by molar-refractivity contribution is -0.130. The van der Waals surface area contributed by atoms with Gasteiger partial charge in [0.25, 0.3) is 0 Å². The molecule has 1 aliphatic carbocycles. The Morgan fingerprint density at radius 2 is 1.67 bits per heavy atom. The predicted octanol–water partition coefficient (Wildman–Crippen LogP) is 1.62. The maximum absolute atomic E-state index is 11.8. The molecule has 0 unspecified atom stereocenters. The van der Waals surface area contributed by atoms with Crippen LogP contribution in [0.1, 0.15) is 39.5 Å². The summed E-state index contributed by atoms with van der Waals surface area (Å²) in [5.74, 6) is 0.372. The van der Waals surface area contributed by atoms with Gasteiger partial charge in [0.2, 0.25) is 11.8 Å². The van der Waals surface area contributed by atoms with Crippen molar-refractivity contribution in [1.82, 2.24) is 10.6 Å². The van der Waals surface area contributed by atoms with Gasteiger partial charge in [0.15, 0.2) is 0 Å². The minimum atomic E-state index is 0.0630. The fourth-order valence-corrected chi connectivity index (χ4v) is 2.34. The molecule has 18 heavy (non-hydrogen) atoms. The number of carbonyl (C=O) groups is 2. The topological polar surface area (TPSA) is 58.2 Å². The molecular weight excluding hydrogens is 228 g/mol. The van der Waals surface area contributed by atoms with E-state index in [-0.39, 0.29) is 29.7 Å². The van der Waals surface area contributed by atoms with Gasteiger partial charge in [-0.25, -0.2) is 0 Å². The van der Waals surface area contributed by atoms with E-state index in [1.165, 1.54) is 0 Å². The van der Waals surface area contributed by atoms with Crippen molar-refractivity contribution in [1.29, 1.82) is 0 Å². The van der Waals surface area contributed by atoms with E-state index in [1.54, 1.807) is 6.08 Å². The van der Waals surface area contributed by atoms with Gasteiger partial charge >= 0.3 is 0 Å². The van der Waals surface area contributed by atoms with Crippen molar-refractivity contribution in [3.05, 3.63) is 12.7 Å². The van der Waals surface area contributed by atoms with Gasteiger partial charge in [-0.15, -0.1) is 6.58 Å². The van der Waals surface area contributed by atoms with Crippen molar-refractivity contribution in [2.75, 3.05) is 6.54 Å². The quantitative estimate of drug-likeness (QED) is 0.730. The van der Waals surface area contributed by atoms with Gasteiger partial charge in [0.1, 0.15) is 0 Å². The standard InChI is InChI=1S/C14H24N2O2/c1-4-9-15-13(17)11-5-7-12(8-6-11)14(18)16-10(2)3/h4,10-12H,1,5-9H2,2-3H3,(H,15,17)(H,16,18). The lowest BCUT2D eigenvalue weighted by Crippen LogP contribution is -2.39. The SMILES string of the molecule is C=CCNC(=O)C1CCC(C(=O)NC(C)C)CC1. The number of hydrogen-bond acceptors (Lipinski definition) is 2. The first-order chi connectivity index (χ1) is 8.54. The molecule has 0 atom stereocenters. The molecule has 0 radical (unpaired) electrons. The summed E-state index contributed by atoms with van der Waals surface area (Å²) in [6.45, 7) is 8.02. The molecule has 0 aromatic carbocycles. The summed E-state index contributed by atoms with van der Waals surface area (Å²) >= 11 is 0. The molecule has 0 aliphatic heterocycles. The highest BCUT2D eigenvalue weighted by Gasteiger charge is 2.29. The smallest absolute Gasteiger partial charge is 0.223 e. The van der Waals surface area contributed by atoms with Crippen LogP contribution in [0.25, 0.3) is 0 Å². The van der Waals surface area contributed by atoms with E-state index in [4.69, 9.17) is 0 Å². The monoisotopic (exact) mass is 252 g/mol. The lowest BCUT2D eigenvalue weighted by atomic mass is 9.81. The van der Waals surface area contributed by atoms with Crippen LogP contribution in [-0.4, -0.2) is 24.4 Å². The molecule has 1 rings (SSSR count). The summed E-state index contributed by atoms with van der Waals surface area (Å²) in [6.07, 6.45) is 4.91. The molecule has 1 aliphatic rings. The largest absolute Gasteiger partial charge is 0.354 e. The van der Waals surface area contributed by atoms with E-state index in [0.717, 1.165) is 25.7 Å². The summed E-state index contributed by atoms with van der Waals surface area (Å²) in [5.41, 5.74) is 0. The number of hydrogen-bond donors (Lipinski definition) is 2. The highest BCUT2D eigenvalue weighted by molar-refractivity contribution is 5.81. The van der Waals surface area contributed by atoms with Crippen LogP contribution < -0.4 is 10.6 Å². The first kappa shape index (κ1) is 14.7. The average Bonchev–Trinajstić information content (AvgIpc) is 2.35. The van der Waals surface area contributed by atoms with Crippen LogP contribution in [0.5, 0.6) is 0 Å². The molecule has 0 spiro atoms. The minimum Gasteiger partial charge on any atom is -0.354 e. The van der Waals surface area contributed by atoms with Gasteiger partial charge in [-0.1, -0.05) is 6.08 Å². The maximum Gasteiger partial charge on any atom is 0.223 e. The number of nitrogens with one attached hydrogen (secondary N) is 2. The summed E-state index contributed by atoms with van der Waals surface area (Å²) in [5, 5.41) is 5.76. The van der Waals surface area contributed by atoms with Crippen molar-refractivity contribution < 1.29 is 9.59 Å². The van der Waals surface area contributed by atoms with Crippen LogP contribution in [0.3, 0.4) is 0 Å². The zero-order valence-corrected chi connectivity index (χ0v) is 11.4. The Hall–Kier alpha value is -1.32. The van der Waals surface area contributed by atoms with Crippen LogP contribution >= 0.6 is 0 Å². The van der Waals surface area contributed by atoms with Crippen molar-refractivity contribution in [2.24, 2.45) is 11.8 Å². The molecule has 102 valence electrons. The first-order valence-electron chi connectivity index (χ1n) is 6.73. The van der Waals surface area contributed by atoms with Crippen molar-refractivity contribution in [2.45, 2.75) is 45.6 Å². The zero-order valence-electron chi connectivity index (χ0n) is 11.4. The van der Waals surface area contributed by atoms with Gasteiger partial charge < -0.3 is 10.6 Å². The Bertz CT molecular complexity index is 305. The number of rotatable bonds is 5. The summed E-state index contributed by atoms with van der Waals surface area (Å²) in [6, 6.07) is 0.186. The summed E-state index contributed by atoms with van der Waals surface area (Å²) < 4.78 is 0. The van der Waals surface area contributed by atoms with Crippen molar-refractivity contribution in [3.63, 3.8) is 0 Å². The molecule has 0 saturated heterocycles. The third-order valence-electron chi connectivity index (χ3n) is 3.32. The van der Waals surface area contributed by atoms with Gasteiger partial charge in [0.05, 0.1) is 0 Å². The molecule has 0 bridgehead atoms. The first-order valence-corrected chi connectivity index (χ1v) is 6.73. The number of carbonyl (C=O) groups excluding carboxylic acids is 2. The molecule has 4 heteroatoms. The lowest BCUT2D eigenvalue weighted by Gasteiger charge is -2.27. The predicted molar refractivity (Wildman–Crippen MR) is 71.9 cm³/mol. The van der Waals surface area contributed by atoms with Crippen LogP contribution in [0.2, 0.25) is 0 Å². The Kier molecular flexibility index (Phi) is 5.89. The van der Waals surface area contributed by atoms with E-state index < -0.39 is 0 Å². The van der Waals surface area contributed by atoms with Crippen LogP contribution in [0.15, 0.2) is 12.7 Å². The van der Waals surface area contributed by atoms with Gasteiger partial charge in [-0.2, -0.15) is 0 Å². The van der Waals surface area contributed by atoms with E-state index in [2.05, 4.69) is 17.2 Å². The molecule has 1 fully saturated rings. The van der Waals surface area contributed by atoms with E-state index in [9.17, 15) is 9.59 Å². The van der Waals surface area contributed by atoms with E-state index in [0.29, 0.717) is 6.54 Å². The number of amides is 2. The van der Waals surface area contributed by atoms with E-state index in [1.807, 2.05) is 13.8 Å². The Labute approximate surface area is 109 Å². The van der Waals surface area contributed by atoms with E-state index >= 15 is 0 Å². The summed E-state index contributed by atoms with van der Waals surface area (Å²) in [4.78, 5) is 23.6. The molecule has 2 N–H and O–H groups in total. The molecule has 1 saturated carbocycles. The molecule has 4 nitrogen and oxygen atoms in total. The third kappa shape index (κ3) is 4.51. The minimum absolute atomic E-state index is 0.0630. The highest BCUT2D eigenvalue weighted by Crippen LogP contribution is 2.29. The molecule has 0 aromatic heterocycles. The Morgan fingerprint density at radius 1 is 1.17 bits per heavy atom. The Morgan fingerprint density at radius 3 is 2.11 bits per heavy atom. The fraction of sp³-hybridized carbons (Fsp3) is 0.714. The second-order valence-corrected chi connectivity index (χ2v) is 5.25. The van der Waals surface area contributed by atoms with Crippen LogP contribution in [0.4, 0.5) is 0 Å². The second-order valence-electron chi connectivity index (χ2n) is 5.25. The fourth-order valence-electron chi connectivity index (χ4n) is 2.34. The average molecular weight is 252 g/mol. The van der Waals surface area contributed by atoms with Crippen LogP contribution in [-0.2, 0) is 9.59 Å². The zero-order chi connectivity index (χ0) is 13.5. The molecule has 2 amide bonds. The van der Waals surface area contributed by atoms with Crippen molar-refractivity contribution in [3.8, 4) is 0 Å². The summed E-state index contributed by atoms with van der Waals surface area (Å²) in [7, 11) is 0. The van der Waals surface area contributed by atoms with Crippen molar-refractivity contribution >= 4 is 11.8 Å². The van der Waals surface area contributed by atoms with Gasteiger partial charge in [0, 0.05) is 24.4 Å². The Balaban J connectivity index is 2.34. The van der Waals surface area contributed by atoms with Gasteiger partial charge in [-0.3, -0.25) is 9.59 Å².